The largest absolute Gasteiger partial charge is 0.311 e. The molecule has 30 heavy (non-hydrogen) atoms. The number of aryl methyl sites for hydroxylation is 2. The number of fused-ring (bicyclic) bond motifs is 3. The van der Waals surface area contributed by atoms with Gasteiger partial charge < -0.3 is 4.85 Å². The fourth-order valence-corrected chi connectivity index (χ4v) is 7.35. The lowest BCUT2D eigenvalue weighted by atomic mass is 9.89. The molecule has 0 radical (unpaired) electrons. The number of nitrogens with zero attached hydrogens (tertiary/aromatic N) is 2. The Morgan fingerprint density at radius 1 is 1.03 bits per heavy atom. The van der Waals surface area contributed by atoms with Crippen molar-refractivity contribution in [3.05, 3.63) is 77.1 Å². The Morgan fingerprint density at radius 3 is 2.57 bits per heavy atom. The van der Waals surface area contributed by atoms with Crippen molar-refractivity contribution in [1.29, 1.82) is 0 Å². The molecule has 2 heterocycles. The van der Waals surface area contributed by atoms with E-state index in [0.29, 0.717) is 0 Å². The van der Waals surface area contributed by atoms with Gasteiger partial charge in [-0.15, -0.1) is 0 Å². The molecule has 0 N–H and O–H groups in total. The van der Waals surface area contributed by atoms with Crippen molar-refractivity contribution in [2.24, 2.45) is 7.05 Å². The van der Waals surface area contributed by atoms with Gasteiger partial charge in [-0.3, -0.25) is 0 Å². The van der Waals surface area contributed by atoms with Crippen molar-refractivity contribution in [3.63, 3.8) is 0 Å². The summed E-state index contributed by atoms with van der Waals surface area (Å²) in [5.41, 5.74) is 6.21. The van der Waals surface area contributed by atoms with Crippen LogP contribution in [0.25, 0.3) is 37.8 Å². The van der Waals surface area contributed by atoms with Crippen LogP contribution in [0.2, 0.25) is 0 Å². The van der Waals surface area contributed by atoms with Gasteiger partial charge in [0.2, 0.25) is 16.7 Å². The van der Waals surface area contributed by atoms with Crippen LogP contribution in [0.15, 0.2) is 54.6 Å². The van der Waals surface area contributed by atoms with Crippen molar-refractivity contribution in [2.75, 3.05) is 6.66 Å². The highest BCUT2D eigenvalue weighted by Gasteiger charge is 2.38. The van der Waals surface area contributed by atoms with E-state index in [9.17, 15) is 0 Å². The molecule has 0 saturated carbocycles. The number of aromatic nitrogens is 1. The standard InChI is InChI=1S/C27H26N2P/c1-17-14-15-18-10-9-13-22-24(18)23(17)25-26(30(22)6)20(16-27(2,3)28-4)19-11-7-8-12-21(19)29(25)5/h7-15H,16H2,1-3,5-6H3/q+1. The number of para-hydroxylation sites is 1. The molecule has 1 aliphatic heterocycles. The highest BCUT2D eigenvalue weighted by molar-refractivity contribution is 7.73. The van der Waals surface area contributed by atoms with E-state index in [1.165, 1.54) is 54.7 Å². The fraction of sp³-hybridized carbons (Fsp3) is 0.259. The maximum atomic E-state index is 7.76. The van der Waals surface area contributed by atoms with Gasteiger partial charge in [0, 0.05) is 25.3 Å². The van der Waals surface area contributed by atoms with Crippen molar-refractivity contribution >= 4 is 40.2 Å². The third kappa shape index (κ3) is 2.62. The predicted octanol–water partition coefficient (Wildman–Crippen LogP) is 5.41. The highest BCUT2D eigenvalue weighted by atomic mass is 31.1. The quantitative estimate of drug-likeness (QED) is 0.238. The number of rotatable bonds is 2. The van der Waals surface area contributed by atoms with Gasteiger partial charge in [-0.1, -0.05) is 42.5 Å². The summed E-state index contributed by atoms with van der Waals surface area (Å²) in [6.07, 6.45) is 0.768. The van der Waals surface area contributed by atoms with Crippen molar-refractivity contribution in [2.45, 2.75) is 32.7 Å². The summed E-state index contributed by atoms with van der Waals surface area (Å²) in [7, 11) is 1.69. The fourth-order valence-electron chi connectivity index (χ4n) is 5.04. The van der Waals surface area contributed by atoms with E-state index in [0.717, 1.165) is 6.42 Å². The summed E-state index contributed by atoms with van der Waals surface area (Å²) in [5.74, 6) is 0. The number of pyridine rings is 1. The van der Waals surface area contributed by atoms with Gasteiger partial charge in [0.15, 0.2) is 0 Å². The van der Waals surface area contributed by atoms with Crippen LogP contribution in [0.1, 0.15) is 25.0 Å². The number of benzene rings is 3. The smallest absolute Gasteiger partial charge is 0.231 e. The predicted molar refractivity (Wildman–Crippen MR) is 129 cm³/mol. The zero-order valence-corrected chi connectivity index (χ0v) is 19.1. The van der Waals surface area contributed by atoms with Crippen molar-refractivity contribution < 1.29 is 4.57 Å². The Morgan fingerprint density at radius 2 is 1.80 bits per heavy atom. The molecular weight excluding hydrogens is 383 g/mol. The van der Waals surface area contributed by atoms with E-state index in [1.54, 1.807) is 0 Å². The van der Waals surface area contributed by atoms with Crippen LogP contribution in [-0.2, 0) is 13.5 Å². The Kier molecular flexibility index (Phi) is 4.25. The van der Waals surface area contributed by atoms with Gasteiger partial charge in [-0.2, -0.15) is 4.57 Å². The second-order valence-corrected chi connectivity index (χ2v) is 11.1. The van der Waals surface area contributed by atoms with Crippen LogP contribution < -0.4 is 15.2 Å². The first-order chi connectivity index (χ1) is 14.3. The van der Waals surface area contributed by atoms with Crippen LogP contribution in [0.5, 0.6) is 0 Å². The van der Waals surface area contributed by atoms with Gasteiger partial charge in [-0.25, -0.2) is 6.57 Å². The lowest BCUT2D eigenvalue weighted by Gasteiger charge is -2.29. The summed E-state index contributed by atoms with van der Waals surface area (Å²) in [4.78, 5) is 3.97. The average molecular weight is 409 g/mol. The number of hydrogen-bond donors (Lipinski definition) is 0. The van der Waals surface area contributed by atoms with Gasteiger partial charge in [0.05, 0.1) is 22.7 Å². The van der Waals surface area contributed by atoms with Crippen molar-refractivity contribution in [3.8, 4) is 11.3 Å². The lowest BCUT2D eigenvalue weighted by molar-refractivity contribution is -0.632. The zero-order chi connectivity index (χ0) is 21.2. The van der Waals surface area contributed by atoms with Crippen LogP contribution >= 0.6 is 7.92 Å². The minimum absolute atomic E-state index is 0.426. The summed E-state index contributed by atoms with van der Waals surface area (Å²) in [6, 6.07) is 20.0. The Hall–Kier alpha value is -2.75. The molecule has 0 fully saturated rings. The maximum absolute atomic E-state index is 7.76. The van der Waals surface area contributed by atoms with Crippen LogP contribution in [0, 0.1) is 13.5 Å². The van der Waals surface area contributed by atoms with E-state index in [-0.39, 0.29) is 0 Å². The van der Waals surface area contributed by atoms with Gasteiger partial charge in [-0.05, 0) is 49.4 Å². The lowest BCUT2D eigenvalue weighted by Crippen LogP contribution is -2.42. The molecule has 0 bridgehead atoms. The summed E-state index contributed by atoms with van der Waals surface area (Å²) >= 11 is 0. The molecule has 1 aromatic heterocycles. The van der Waals surface area contributed by atoms with E-state index >= 15 is 0 Å². The molecule has 3 heteroatoms. The molecule has 0 amide bonds. The minimum Gasteiger partial charge on any atom is -0.311 e. The molecule has 4 aromatic rings. The second kappa shape index (κ2) is 6.63. The topological polar surface area (TPSA) is 8.24 Å². The Labute approximate surface area is 179 Å². The molecule has 5 rings (SSSR count). The van der Waals surface area contributed by atoms with Crippen molar-refractivity contribution in [1.82, 2.24) is 0 Å². The molecule has 3 aromatic carbocycles. The molecular formula is C27H26N2P+. The van der Waals surface area contributed by atoms with E-state index < -0.39 is 13.5 Å². The molecule has 1 aliphatic rings. The normalized spacial score (nSPS) is 15.3. The van der Waals surface area contributed by atoms with Gasteiger partial charge >= 0.3 is 0 Å². The monoisotopic (exact) mass is 409 g/mol. The van der Waals surface area contributed by atoms with E-state index in [4.69, 9.17) is 6.57 Å². The van der Waals surface area contributed by atoms with Crippen LogP contribution in [0.4, 0.5) is 0 Å². The zero-order valence-electron chi connectivity index (χ0n) is 18.2. The maximum Gasteiger partial charge on any atom is 0.231 e. The SMILES string of the molecule is [C-]#[N+]C(C)(C)Cc1c2c([n+](C)c3ccccc13)-c1c(C)ccc3cccc(c13)P2C. The first-order valence-corrected chi connectivity index (χ1v) is 12.2. The minimum atomic E-state index is -0.517. The first-order valence-electron chi connectivity index (χ1n) is 10.4. The highest BCUT2D eigenvalue weighted by Crippen LogP contribution is 2.46. The van der Waals surface area contributed by atoms with E-state index in [2.05, 4.69) is 98.5 Å². The second-order valence-electron chi connectivity index (χ2n) is 9.04. The molecule has 2 nitrogen and oxygen atoms in total. The van der Waals surface area contributed by atoms with E-state index in [1.807, 2.05) is 0 Å². The van der Waals surface area contributed by atoms with Gasteiger partial charge in [0.1, 0.15) is 7.05 Å². The summed E-state index contributed by atoms with van der Waals surface area (Å²) in [5, 5.41) is 6.95. The van der Waals surface area contributed by atoms with Gasteiger partial charge in [0.25, 0.3) is 0 Å². The summed E-state index contributed by atoms with van der Waals surface area (Å²) < 4.78 is 2.40. The Balaban J connectivity index is 2.01. The molecule has 1 unspecified atom stereocenters. The first kappa shape index (κ1) is 19.2. The van der Waals surface area contributed by atoms with Crippen LogP contribution in [-0.4, -0.2) is 12.2 Å². The molecule has 1 atom stereocenters. The third-order valence-electron chi connectivity index (χ3n) is 6.51. The average Bonchev–Trinajstić information content (AvgIpc) is 2.75. The molecule has 148 valence electrons. The molecule has 0 saturated heterocycles. The third-order valence-corrected chi connectivity index (χ3v) is 8.76. The molecule has 0 aliphatic carbocycles. The summed E-state index contributed by atoms with van der Waals surface area (Å²) in [6.45, 7) is 16.5. The number of hydrogen-bond acceptors (Lipinski definition) is 0. The molecule has 0 spiro atoms. The van der Waals surface area contributed by atoms with Crippen LogP contribution in [0.3, 0.4) is 0 Å². The Bertz CT molecular complexity index is 1390.